The maximum Gasteiger partial charge on any atom is 0.254 e. The second kappa shape index (κ2) is 8.73. The van der Waals surface area contributed by atoms with Crippen LogP contribution in [0.15, 0.2) is 41.8 Å². The van der Waals surface area contributed by atoms with Gasteiger partial charge in [0.25, 0.3) is 5.91 Å². The number of hydrogen-bond acceptors (Lipinski definition) is 4. The predicted octanol–water partition coefficient (Wildman–Crippen LogP) is 3.40. The van der Waals surface area contributed by atoms with Gasteiger partial charge in [0.15, 0.2) is 5.16 Å². The average Bonchev–Trinajstić information content (AvgIpc) is 3.15. The van der Waals surface area contributed by atoms with Crippen molar-refractivity contribution >= 4 is 17.7 Å². The van der Waals surface area contributed by atoms with Gasteiger partial charge in [-0.2, -0.15) is 0 Å². The van der Waals surface area contributed by atoms with E-state index in [1.807, 2.05) is 46.2 Å². The third-order valence-electron chi connectivity index (χ3n) is 4.84. The Kier molecular flexibility index (Phi) is 6.38. The molecule has 1 aromatic carbocycles. The van der Waals surface area contributed by atoms with Gasteiger partial charge in [-0.15, -0.1) is 0 Å². The molecular formula is C20H28N4OS. The summed E-state index contributed by atoms with van der Waals surface area (Å²) in [6.45, 7) is 9.20. The minimum Gasteiger partial charge on any atom is -0.336 e. The number of hydrogen-bond donors (Lipinski definition) is 0. The summed E-state index contributed by atoms with van der Waals surface area (Å²) in [4.78, 5) is 21.7. The number of piperazine rings is 1. The number of rotatable bonds is 6. The van der Waals surface area contributed by atoms with Crippen molar-refractivity contribution in [2.45, 2.75) is 25.4 Å². The van der Waals surface area contributed by atoms with Gasteiger partial charge >= 0.3 is 0 Å². The molecule has 0 N–H and O–H groups in total. The molecular weight excluding hydrogens is 344 g/mol. The lowest BCUT2D eigenvalue weighted by atomic mass is 10.1. The molecule has 2 heterocycles. The van der Waals surface area contributed by atoms with E-state index in [-0.39, 0.29) is 5.91 Å². The first-order valence-corrected chi connectivity index (χ1v) is 10.5. The highest BCUT2D eigenvalue weighted by Crippen LogP contribution is 2.20. The Bertz CT molecular complexity index is 735. The standard InChI is InChI=1S/C20H28N4OS/c1-16(2)7-9-22-11-13-23(14-12-22)19(25)17-5-4-6-18(15-17)24-10-8-21-20(24)26-3/h4-6,8,10,15-16H,7,9,11-14H2,1-3H3. The monoisotopic (exact) mass is 372 g/mol. The first-order chi connectivity index (χ1) is 12.6. The van der Waals surface area contributed by atoms with Crippen LogP contribution < -0.4 is 0 Å². The van der Waals surface area contributed by atoms with E-state index in [1.165, 1.54) is 6.42 Å². The number of amides is 1. The molecule has 3 rings (SSSR count). The van der Waals surface area contributed by atoms with E-state index in [1.54, 1.807) is 18.0 Å². The summed E-state index contributed by atoms with van der Waals surface area (Å²) in [5.41, 5.74) is 1.73. The fourth-order valence-electron chi connectivity index (χ4n) is 3.22. The van der Waals surface area contributed by atoms with Crippen LogP contribution in [0.25, 0.3) is 5.69 Å². The van der Waals surface area contributed by atoms with E-state index in [9.17, 15) is 4.79 Å². The molecule has 0 spiro atoms. The SMILES string of the molecule is CSc1nccn1-c1cccc(C(=O)N2CCN(CCC(C)C)CC2)c1. The van der Waals surface area contributed by atoms with E-state index in [0.717, 1.165) is 55.0 Å². The molecule has 0 bridgehead atoms. The van der Waals surface area contributed by atoms with Crippen LogP contribution in [0.4, 0.5) is 0 Å². The van der Waals surface area contributed by atoms with Crippen molar-refractivity contribution in [3.63, 3.8) is 0 Å². The quantitative estimate of drug-likeness (QED) is 0.729. The molecule has 0 aliphatic carbocycles. The molecule has 5 nitrogen and oxygen atoms in total. The fourth-order valence-corrected chi connectivity index (χ4v) is 3.75. The molecule has 1 amide bonds. The molecule has 0 saturated carbocycles. The molecule has 1 saturated heterocycles. The third-order valence-corrected chi connectivity index (χ3v) is 5.51. The summed E-state index contributed by atoms with van der Waals surface area (Å²) in [5, 5.41) is 0.924. The zero-order chi connectivity index (χ0) is 18.5. The van der Waals surface area contributed by atoms with Crippen LogP contribution in [0.5, 0.6) is 0 Å². The Morgan fingerprint density at radius 2 is 2.00 bits per heavy atom. The lowest BCUT2D eigenvalue weighted by molar-refractivity contribution is 0.0632. The number of benzene rings is 1. The molecule has 140 valence electrons. The van der Waals surface area contributed by atoms with Crippen LogP contribution in [-0.4, -0.2) is 64.2 Å². The lowest BCUT2D eigenvalue weighted by Gasteiger charge is -2.35. The zero-order valence-corrected chi connectivity index (χ0v) is 16.7. The highest BCUT2D eigenvalue weighted by atomic mass is 32.2. The highest BCUT2D eigenvalue weighted by molar-refractivity contribution is 7.98. The normalized spacial score (nSPS) is 15.6. The van der Waals surface area contributed by atoms with Crippen molar-refractivity contribution < 1.29 is 4.79 Å². The van der Waals surface area contributed by atoms with E-state index in [0.29, 0.717) is 0 Å². The molecule has 2 aromatic rings. The van der Waals surface area contributed by atoms with Gasteiger partial charge < -0.3 is 4.90 Å². The van der Waals surface area contributed by atoms with Crippen LogP contribution >= 0.6 is 11.8 Å². The third kappa shape index (κ3) is 4.48. The van der Waals surface area contributed by atoms with Crippen LogP contribution in [0, 0.1) is 5.92 Å². The van der Waals surface area contributed by atoms with Crippen molar-refractivity contribution in [2.75, 3.05) is 39.0 Å². The van der Waals surface area contributed by atoms with Gasteiger partial charge in [0.05, 0.1) is 0 Å². The maximum absolute atomic E-state index is 12.9. The van der Waals surface area contributed by atoms with Crippen molar-refractivity contribution in [3.8, 4) is 5.69 Å². The van der Waals surface area contributed by atoms with Gasteiger partial charge in [0.2, 0.25) is 0 Å². The first-order valence-electron chi connectivity index (χ1n) is 9.28. The Balaban J connectivity index is 1.65. The molecule has 1 aliphatic rings. The Hall–Kier alpha value is -1.79. The Morgan fingerprint density at radius 3 is 2.69 bits per heavy atom. The number of nitrogens with zero attached hydrogens (tertiary/aromatic N) is 4. The number of carbonyl (C=O) groups is 1. The highest BCUT2D eigenvalue weighted by Gasteiger charge is 2.22. The van der Waals surface area contributed by atoms with Gasteiger partial charge in [-0.3, -0.25) is 14.3 Å². The topological polar surface area (TPSA) is 41.4 Å². The molecule has 1 aromatic heterocycles. The second-order valence-corrected chi connectivity index (χ2v) is 7.92. The van der Waals surface area contributed by atoms with E-state index < -0.39 is 0 Å². The van der Waals surface area contributed by atoms with E-state index >= 15 is 0 Å². The summed E-state index contributed by atoms with van der Waals surface area (Å²) in [7, 11) is 0. The summed E-state index contributed by atoms with van der Waals surface area (Å²) < 4.78 is 2.02. The molecule has 0 radical (unpaired) electrons. The zero-order valence-electron chi connectivity index (χ0n) is 15.9. The summed E-state index contributed by atoms with van der Waals surface area (Å²) >= 11 is 1.60. The number of imidazole rings is 1. The van der Waals surface area contributed by atoms with Gasteiger partial charge in [-0.1, -0.05) is 31.7 Å². The minimum atomic E-state index is 0.126. The summed E-state index contributed by atoms with van der Waals surface area (Å²) in [6, 6.07) is 7.84. The maximum atomic E-state index is 12.9. The van der Waals surface area contributed by atoms with Crippen LogP contribution in [0.1, 0.15) is 30.6 Å². The molecule has 26 heavy (non-hydrogen) atoms. The van der Waals surface area contributed by atoms with E-state index in [2.05, 4.69) is 23.7 Å². The fraction of sp³-hybridized carbons (Fsp3) is 0.500. The molecule has 0 unspecified atom stereocenters. The molecule has 6 heteroatoms. The van der Waals surface area contributed by atoms with Crippen molar-refractivity contribution in [1.29, 1.82) is 0 Å². The number of thioether (sulfide) groups is 1. The van der Waals surface area contributed by atoms with Gasteiger partial charge in [-0.05, 0) is 43.3 Å². The van der Waals surface area contributed by atoms with Crippen LogP contribution in [-0.2, 0) is 0 Å². The Labute approximate surface area is 160 Å². The predicted molar refractivity (Wildman–Crippen MR) is 107 cm³/mol. The molecule has 1 aliphatic heterocycles. The van der Waals surface area contributed by atoms with Gasteiger partial charge in [0, 0.05) is 49.8 Å². The largest absolute Gasteiger partial charge is 0.336 e. The van der Waals surface area contributed by atoms with E-state index in [4.69, 9.17) is 0 Å². The van der Waals surface area contributed by atoms with Crippen LogP contribution in [0.2, 0.25) is 0 Å². The first kappa shape index (κ1) is 19.0. The number of carbonyl (C=O) groups excluding carboxylic acids is 1. The average molecular weight is 373 g/mol. The van der Waals surface area contributed by atoms with Crippen molar-refractivity contribution in [3.05, 3.63) is 42.2 Å². The smallest absolute Gasteiger partial charge is 0.254 e. The van der Waals surface area contributed by atoms with Crippen molar-refractivity contribution in [2.24, 2.45) is 5.92 Å². The number of aromatic nitrogens is 2. The Morgan fingerprint density at radius 1 is 1.23 bits per heavy atom. The van der Waals surface area contributed by atoms with Gasteiger partial charge in [-0.25, -0.2) is 4.98 Å². The minimum absolute atomic E-state index is 0.126. The van der Waals surface area contributed by atoms with Crippen LogP contribution in [0.3, 0.4) is 0 Å². The molecule has 1 fully saturated rings. The van der Waals surface area contributed by atoms with Crippen molar-refractivity contribution in [1.82, 2.24) is 19.4 Å². The molecule has 0 atom stereocenters. The summed E-state index contributed by atoms with van der Waals surface area (Å²) in [5.74, 6) is 0.855. The summed E-state index contributed by atoms with van der Waals surface area (Å²) in [6.07, 6.45) is 6.95. The van der Waals surface area contributed by atoms with Gasteiger partial charge in [0.1, 0.15) is 0 Å². The lowest BCUT2D eigenvalue weighted by Crippen LogP contribution is -2.49. The second-order valence-electron chi connectivity index (χ2n) is 7.15.